The van der Waals surface area contributed by atoms with Gasteiger partial charge in [-0.15, -0.1) is 0 Å². The third-order valence-corrected chi connectivity index (χ3v) is 3.71. The molecule has 0 bridgehead atoms. The molecular weight excluding hydrogens is 186 g/mol. The van der Waals surface area contributed by atoms with E-state index in [1.54, 1.807) is 6.33 Å². The van der Waals surface area contributed by atoms with Gasteiger partial charge in [0.15, 0.2) is 0 Å². The van der Waals surface area contributed by atoms with Gasteiger partial charge in [-0.25, -0.2) is 9.97 Å². The Hall–Kier alpha value is -0.960. The van der Waals surface area contributed by atoms with E-state index >= 15 is 0 Å². The van der Waals surface area contributed by atoms with E-state index < -0.39 is 0 Å². The van der Waals surface area contributed by atoms with Crippen LogP contribution < -0.4 is 5.73 Å². The maximum Gasteiger partial charge on any atom is 0.115 e. The topological polar surface area (TPSA) is 51.8 Å². The van der Waals surface area contributed by atoms with Crippen LogP contribution in [0.25, 0.3) is 0 Å². The predicted octanol–water partition coefficient (Wildman–Crippen LogP) is 2.23. The van der Waals surface area contributed by atoms with Crippen molar-refractivity contribution in [3.63, 3.8) is 0 Å². The molecule has 0 atom stereocenters. The highest BCUT2D eigenvalue weighted by Gasteiger charge is 2.32. The van der Waals surface area contributed by atoms with Crippen LogP contribution in [0.3, 0.4) is 0 Å². The Morgan fingerprint density at radius 3 is 2.47 bits per heavy atom. The van der Waals surface area contributed by atoms with E-state index in [1.165, 1.54) is 19.3 Å². The molecule has 0 aliphatic heterocycles. The van der Waals surface area contributed by atoms with Gasteiger partial charge in [0.05, 0.1) is 0 Å². The first kappa shape index (κ1) is 10.6. The van der Waals surface area contributed by atoms with Gasteiger partial charge >= 0.3 is 0 Å². The van der Waals surface area contributed by atoms with E-state index in [-0.39, 0.29) is 5.54 Å². The Morgan fingerprint density at radius 2 is 1.93 bits per heavy atom. The minimum atomic E-state index is -0.174. The van der Waals surface area contributed by atoms with Crippen molar-refractivity contribution in [3.05, 3.63) is 24.3 Å². The zero-order valence-corrected chi connectivity index (χ0v) is 9.32. The maximum atomic E-state index is 6.42. The second-order valence-corrected chi connectivity index (χ2v) is 4.63. The van der Waals surface area contributed by atoms with Gasteiger partial charge in [-0.1, -0.05) is 13.3 Å². The van der Waals surface area contributed by atoms with Crippen molar-refractivity contribution in [2.45, 2.75) is 44.6 Å². The van der Waals surface area contributed by atoms with Gasteiger partial charge in [0.1, 0.15) is 6.33 Å². The van der Waals surface area contributed by atoms with E-state index in [9.17, 15) is 0 Å². The summed E-state index contributed by atoms with van der Waals surface area (Å²) in [5, 5.41) is 0. The summed E-state index contributed by atoms with van der Waals surface area (Å²) < 4.78 is 0. The lowest BCUT2D eigenvalue weighted by molar-refractivity contribution is 0.231. The third kappa shape index (κ3) is 2.17. The molecule has 3 heteroatoms. The zero-order chi connectivity index (χ0) is 10.7. The monoisotopic (exact) mass is 205 g/mol. The maximum absolute atomic E-state index is 6.42. The van der Waals surface area contributed by atoms with Gasteiger partial charge in [0.25, 0.3) is 0 Å². The smallest absolute Gasteiger partial charge is 0.115 e. The highest BCUT2D eigenvalue weighted by molar-refractivity contribution is 5.17. The van der Waals surface area contributed by atoms with Crippen molar-refractivity contribution < 1.29 is 0 Å². The Labute approximate surface area is 91.1 Å². The van der Waals surface area contributed by atoms with Crippen LogP contribution in [0.2, 0.25) is 0 Å². The summed E-state index contributed by atoms with van der Waals surface area (Å²) in [7, 11) is 0. The Balaban J connectivity index is 2.10. The molecule has 2 N–H and O–H groups in total. The number of hydrogen-bond acceptors (Lipinski definition) is 3. The van der Waals surface area contributed by atoms with Crippen molar-refractivity contribution >= 4 is 0 Å². The fourth-order valence-corrected chi connectivity index (χ4v) is 2.45. The van der Waals surface area contributed by atoms with Gasteiger partial charge in [0, 0.05) is 23.5 Å². The third-order valence-electron chi connectivity index (χ3n) is 3.71. The summed E-state index contributed by atoms with van der Waals surface area (Å²) in [5.74, 6) is 0.867. The summed E-state index contributed by atoms with van der Waals surface area (Å²) in [6, 6.07) is 0. The van der Waals surface area contributed by atoms with Crippen molar-refractivity contribution in [2.24, 2.45) is 11.7 Å². The molecule has 0 amide bonds. The molecule has 0 spiro atoms. The second-order valence-electron chi connectivity index (χ2n) is 4.63. The highest BCUT2D eigenvalue weighted by Crippen LogP contribution is 2.37. The molecule has 0 radical (unpaired) electrons. The van der Waals surface area contributed by atoms with Gasteiger partial charge in [-0.3, -0.25) is 0 Å². The first-order valence-corrected chi connectivity index (χ1v) is 5.79. The first-order chi connectivity index (χ1) is 7.24. The molecule has 0 saturated heterocycles. The molecule has 82 valence electrons. The van der Waals surface area contributed by atoms with E-state index in [1.807, 2.05) is 12.4 Å². The molecule has 0 aromatic carbocycles. The number of rotatable bonds is 2. The van der Waals surface area contributed by atoms with E-state index in [0.717, 1.165) is 24.3 Å². The van der Waals surface area contributed by atoms with E-state index in [0.29, 0.717) is 0 Å². The van der Waals surface area contributed by atoms with Gasteiger partial charge in [-0.2, -0.15) is 0 Å². The van der Waals surface area contributed by atoms with Crippen LogP contribution in [-0.2, 0) is 5.54 Å². The van der Waals surface area contributed by atoms with Crippen molar-refractivity contribution in [2.75, 3.05) is 0 Å². The SMILES string of the molecule is CCC1CCC(N)(c2cncnc2)CC1. The minimum absolute atomic E-state index is 0.174. The molecule has 15 heavy (non-hydrogen) atoms. The molecular formula is C12H19N3. The summed E-state index contributed by atoms with van der Waals surface area (Å²) in [6.45, 7) is 2.26. The quantitative estimate of drug-likeness (QED) is 0.805. The van der Waals surface area contributed by atoms with Gasteiger partial charge in [-0.05, 0) is 31.6 Å². The van der Waals surface area contributed by atoms with Crippen LogP contribution in [0.4, 0.5) is 0 Å². The molecule has 2 rings (SSSR count). The normalized spacial score (nSPS) is 31.5. The molecule has 1 aliphatic carbocycles. The lowest BCUT2D eigenvalue weighted by atomic mass is 9.73. The predicted molar refractivity (Wildman–Crippen MR) is 60.1 cm³/mol. The van der Waals surface area contributed by atoms with E-state index in [4.69, 9.17) is 5.73 Å². The van der Waals surface area contributed by atoms with Crippen LogP contribution in [-0.4, -0.2) is 9.97 Å². The fourth-order valence-electron chi connectivity index (χ4n) is 2.45. The lowest BCUT2D eigenvalue weighted by Gasteiger charge is -2.36. The Bertz CT molecular complexity index is 302. The van der Waals surface area contributed by atoms with Gasteiger partial charge in [0.2, 0.25) is 0 Å². The zero-order valence-electron chi connectivity index (χ0n) is 9.32. The Kier molecular flexibility index (Phi) is 3.00. The van der Waals surface area contributed by atoms with Crippen LogP contribution >= 0.6 is 0 Å². The largest absolute Gasteiger partial charge is 0.321 e. The fraction of sp³-hybridized carbons (Fsp3) is 0.667. The average Bonchev–Trinajstić information content (AvgIpc) is 2.31. The average molecular weight is 205 g/mol. The van der Waals surface area contributed by atoms with Crippen LogP contribution in [0.15, 0.2) is 18.7 Å². The van der Waals surface area contributed by atoms with E-state index in [2.05, 4.69) is 16.9 Å². The molecule has 3 nitrogen and oxygen atoms in total. The number of nitrogens with zero attached hydrogens (tertiary/aromatic N) is 2. The number of hydrogen-bond donors (Lipinski definition) is 1. The summed E-state index contributed by atoms with van der Waals surface area (Å²) in [6.07, 6.45) is 11.2. The molecule has 1 saturated carbocycles. The van der Waals surface area contributed by atoms with Crippen LogP contribution in [0.1, 0.15) is 44.6 Å². The number of aromatic nitrogens is 2. The van der Waals surface area contributed by atoms with Crippen LogP contribution in [0, 0.1) is 5.92 Å². The van der Waals surface area contributed by atoms with Crippen molar-refractivity contribution in [3.8, 4) is 0 Å². The Morgan fingerprint density at radius 1 is 1.33 bits per heavy atom. The van der Waals surface area contributed by atoms with Gasteiger partial charge < -0.3 is 5.73 Å². The number of nitrogens with two attached hydrogens (primary N) is 1. The molecule has 0 unspecified atom stereocenters. The molecule has 1 aromatic rings. The summed E-state index contributed by atoms with van der Waals surface area (Å²) >= 11 is 0. The minimum Gasteiger partial charge on any atom is -0.321 e. The summed E-state index contributed by atoms with van der Waals surface area (Å²) in [4.78, 5) is 8.11. The highest BCUT2D eigenvalue weighted by atomic mass is 14.8. The van der Waals surface area contributed by atoms with Crippen molar-refractivity contribution in [1.29, 1.82) is 0 Å². The standard InChI is InChI=1S/C12H19N3/c1-2-10-3-5-12(13,6-4-10)11-7-14-9-15-8-11/h7-10H,2-6,13H2,1H3. The van der Waals surface area contributed by atoms with Crippen molar-refractivity contribution in [1.82, 2.24) is 9.97 Å². The van der Waals surface area contributed by atoms with Crippen LogP contribution in [0.5, 0.6) is 0 Å². The molecule has 1 fully saturated rings. The molecule has 1 aromatic heterocycles. The molecule has 1 heterocycles. The second kappa shape index (κ2) is 4.27. The lowest BCUT2D eigenvalue weighted by Crippen LogP contribution is -2.40. The molecule has 1 aliphatic rings. The summed E-state index contributed by atoms with van der Waals surface area (Å²) in [5.41, 5.74) is 7.34. The first-order valence-electron chi connectivity index (χ1n) is 5.79.